The van der Waals surface area contributed by atoms with Crippen LogP contribution in [0.25, 0.3) is 0 Å². The van der Waals surface area contributed by atoms with E-state index < -0.39 is 0 Å². The lowest BCUT2D eigenvalue weighted by Gasteiger charge is -2.37. The Bertz CT molecular complexity index is 465. The summed E-state index contributed by atoms with van der Waals surface area (Å²) >= 11 is 12.2. The molecule has 4 atom stereocenters. The monoisotopic (exact) mass is 299 g/mol. The molecule has 2 saturated heterocycles. The summed E-state index contributed by atoms with van der Waals surface area (Å²) in [4.78, 5) is 0. The van der Waals surface area contributed by atoms with Crippen LogP contribution in [0.2, 0.25) is 10.0 Å². The predicted molar refractivity (Wildman–Crippen MR) is 79.1 cm³/mol. The Hall–Kier alpha value is -0.280. The third-order valence-corrected chi connectivity index (χ3v) is 5.32. The summed E-state index contributed by atoms with van der Waals surface area (Å²) < 4.78 is 5.44. The van der Waals surface area contributed by atoms with Gasteiger partial charge in [0.05, 0.1) is 16.7 Å². The van der Waals surface area contributed by atoms with Gasteiger partial charge in [-0.2, -0.15) is 0 Å². The first-order valence-corrected chi connectivity index (χ1v) is 7.64. The number of ether oxygens (including phenoxy) is 1. The molecule has 104 valence electrons. The van der Waals surface area contributed by atoms with Crippen molar-refractivity contribution in [3.05, 3.63) is 33.8 Å². The molecule has 1 aromatic carbocycles. The minimum absolute atomic E-state index is 0.522. The van der Waals surface area contributed by atoms with Crippen LogP contribution in [0.15, 0.2) is 18.2 Å². The van der Waals surface area contributed by atoms with Gasteiger partial charge in [-0.1, -0.05) is 29.3 Å². The fraction of sp³-hybridized carbons (Fsp3) is 0.600. The second-order valence-electron chi connectivity index (χ2n) is 5.68. The van der Waals surface area contributed by atoms with Crippen LogP contribution in [-0.4, -0.2) is 25.8 Å². The minimum Gasteiger partial charge on any atom is -0.384 e. The number of hydrogen-bond acceptors (Lipinski definition) is 2. The fourth-order valence-electron chi connectivity index (χ4n) is 3.69. The molecule has 2 bridgehead atoms. The van der Waals surface area contributed by atoms with Gasteiger partial charge in [-0.15, -0.1) is 0 Å². The molecule has 19 heavy (non-hydrogen) atoms. The van der Waals surface area contributed by atoms with Gasteiger partial charge in [0.1, 0.15) is 0 Å². The maximum Gasteiger partial charge on any atom is 0.0595 e. The van der Waals surface area contributed by atoms with Gasteiger partial charge in [-0.05, 0) is 42.9 Å². The van der Waals surface area contributed by atoms with Crippen molar-refractivity contribution in [2.24, 2.45) is 5.92 Å². The van der Waals surface area contributed by atoms with Crippen molar-refractivity contribution in [2.75, 3.05) is 13.7 Å². The molecule has 2 unspecified atom stereocenters. The van der Waals surface area contributed by atoms with Gasteiger partial charge in [0.2, 0.25) is 0 Å². The second-order valence-corrected chi connectivity index (χ2v) is 6.50. The SMILES string of the molecule is COCC1C(c2ccc(Cl)c(Cl)c2)C[C@@H]2CC[C@H]1N2. The number of methoxy groups -OCH3 is 1. The molecule has 0 spiro atoms. The first kappa shape index (κ1) is 13.7. The van der Waals surface area contributed by atoms with E-state index in [0.29, 0.717) is 34.0 Å². The summed E-state index contributed by atoms with van der Waals surface area (Å²) in [5.41, 5.74) is 1.30. The molecular formula is C15H19Cl2NO. The molecule has 1 aromatic rings. The van der Waals surface area contributed by atoms with Crippen molar-refractivity contribution in [3.8, 4) is 0 Å². The first-order valence-electron chi connectivity index (χ1n) is 6.89. The molecule has 3 rings (SSSR count). The van der Waals surface area contributed by atoms with E-state index in [2.05, 4.69) is 11.4 Å². The molecule has 0 amide bonds. The van der Waals surface area contributed by atoms with E-state index in [1.165, 1.54) is 24.8 Å². The predicted octanol–water partition coefficient (Wildman–Crippen LogP) is 3.86. The summed E-state index contributed by atoms with van der Waals surface area (Å²) in [5.74, 6) is 1.05. The summed E-state index contributed by atoms with van der Waals surface area (Å²) in [6.45, 7) is 0.801. The summed E-state index contributed by atoms with van der Waals surface area (Å²) in [6.07, 6.45) is 3.71. The molecule has 2 nitrogen and oxygen atoms in total. The Morgan fingerprint density at radius 1 is 1.26 bits per heavy atom. The summed E-state index contributed by atoms with van der Waals surface area (Å²) in [7, 11) is 1.78. The number of nitrogens with one attached hydrogen (secondary N) is 1. The Morgan fingerprint density at radius 3 is 2.84 bits per heavy atom. The van der Waals surface area contributed by atoms with E-state index in [9.17, 15) is 0 Å². The molecule has 2 heterocycles. The Labute approximate surface area is 124 Å². The van der Waals surface area contributed by atoms with Crippen molar-refractivity contribution in [1.29, 1.82) is 0 Å². The maximum absolute atomic E-state index is 6.17. The molecular weight excluding hydrogens is 281 g/mol. The molecule has 4 heteroatoms. The van der Waals surface area contributed by atoms with Crippen molar-refractivity contribution in [3.63, 3.8) is 0 Å². The van der Waals surface area contributed by atoms with Gasteiger partial charge in [-0.3, -0.25) is 0 Å². The average molecular weight is 300 g/mol. The smallest absolute Gasteiger partial charge is 0.0595 e. The molecule has 0 radical (unpaired) electrons. The average Bonchev–Trinajstić information content (AvgIpc) is 2.79. The molecule has 2 aliphatic heterocycles. The number of rotatable bonds is 3. The van der Waals surface area contributed by atoms with E-state index in [1.54, 1.807) is 7.11 Å². The van der Waals surface area contributed by atoms with E-state index in [0.717, 1.165) is 6.61 Å². The molecule has 0 saturated carbocycles. The van der Waals surface area contributed by atoms with E-state index >= 15 is 0 Å². The standard InChI is InChI=1S/C15H19Cl2NO/c1-19-8-12-11(7-10-3-5-15(12)18-10)9-2-4-13(16)14(17)6-9/h2,4,6,10-12,15,18H,3,5,7-8H2,1H3/t10-,11?,12?,15+/m0/s1. The third-order valence-electron chi connectivity index (χ3n) is 4.58. The van der Waals surface area contributed by atoms with Gasteiger partial charge in [-0.25, -0.2) is 0 Å². The van der Waals surface area contributed by atoms with Gasteiger partial charge >= 0.3 is 0 Å². The van der Waals surface area contributed by atoms with Crippen LogP contribution in [0.4, 0.5) is 0 Å². The van der Waals surface area contributed by atoms with Crippen LogP contribution in [0.5, 0.6) is 0 Å². The summed E-state index contributed by atoms with van der Waals surface area (Å²) in [5, 5.41) is 5.00. The highest BCUT2D eigenvalue weighted by molar-refractivity contribution is 6.42. The lowest BCUT2D eigenvalue weighted by molar-refractivity contribution is 0.101. The fourth-order valence-corrected chi connectivity index (χ4v) is 3.99. The number of hydrogen-bond donors (Lipinski definition) is 1. The maximum atomic E-state index is 6.17. The Kier molecular flexibility index (Phi) is 4.04. The zero-order valence-electron chi connectivity index (χ0n) is 11.0. The highest BCUT2D eigenvalue weighted by Gasteiger charge is 2.41. The van der Waals surface area contributed by atoms with E-state index in [4.69, 9.17) is 27.9 Å². The molecule has 2 aliphatic rings. The Morgan fingerprint density at radius 2 is 2.11 bits per heavy atom. The van der Waals surface area contributed by atoms with Gasteiger partial charge in [0.15, 0.2) is 0 Å². The number of fused-ring (bicyclic) bond motifs is 2. The van der Waals surface area contributed by atoms with Crippen LogP contribution in [0.1, 0.15) is 30.7 Å². The third kappa shape index (κ3) is 2.64. The molecule has 0 aliphatic carbocycles. The largest absolute Gasteiger partial charge is 0.384 e. The zero-order chi connectivity index (χ0) is 13.4. The van der Waals surface area contributed by atoms with Crippen LogP contribution in [0.3, 0.4) is 0 Å². The Balaban J connectivity index is 1.89. The highest BCUT2D eigenvalue weighted by Crippen LogP contribution is 2.42. The first-order chi connectivity index (χ1) is 9.19. The zero-order valence-corrected chi connectivity index (χ0v) is 12.5. The number of halogens is 2. The summed E-state index contributed by atoms with van der Waals surface area (Å²) in [6, 6.07) is 7.29. The van der Waals surface area contributed by atoms with Crippen LogP contribution in [0, 0.1) is 5.92 Å². The van der Waals surface area contributed by atoms with Crippen LogP contribution < -0.4 is 5.32 Å². The highest BCUT2D eigenvalue weighted by atomic mass is 35.5. The molecule has 2 fully saturated rings. The van der Waals surface area contributed by atoms with Gasteiger partial charge in [0, 0.05) is 25.1 Å². The number of benzene rings is 1. The van der Waals surface area contributed by atoms with Crippen LogP contribution >= 0.6 is 23.2 Å². The normalized spacial score (nSPS) is 33.6. The topological polar surface area (TPSA) is 21.3 Å². The lowest BCUT2D eigenvalue weighted by Crippen LogP contribution is -2.46. The van der Waals surface area contributed by atoms with Gasteiger partial charge in [0.25, 0.3) is 0 Å². The quantitative estimate of drug-likeness (QED) is 0.915. The van der Waals surface area contributed by atoms with Crippen molar-refractivity contribution in [2.45, 2.75) is 37.3 Å². The van der Waals surface area contributed by atoms with Crippen molar-refractivity contribution >= 4 is 23.2 Å². The van der Waals surface area contributed by atoms with Crippen LogP contribution in [-0.2, 0) is 4.74 Å². The van der Waals surface area contributed by atoms with Crippen molar-refractivity contribution < 1.29 is 4.74 Å². The molecule has 1 N–H and O–H groups in total. The number of piperidine rings is 1. The minimum atomic E-state index is 0.522. The van der Waals surface area contributed by atoms with E-state index in [1.807, 2.05) is 12.1 Å². The van der Waals surface area contributed by atoms with Crippen molar-refractivity contribution in [1.82, 2.24) is 5.32 Å². The second kappa shape index (κ2) is 5.61. The molecule has 0 aromatic heterocycles. The lowest BCUT2D eigenvalue weighted by atomic mass is 9.77. The van der Waals surface area contributed by atoms with E-state index in [-0.39, 0.29) is 0 Å². The van der Waals surface area contributed by atoms with Gasteiger partial charge < -0.3 is 10.1 Å².